The van der Waals surface area contributed by atoms with Crippen LogP contribution in [0.3, 0.4) is 0 Å². The maximum atomic E-state index is 13.6. The second-order valence-electron chi connectivity index (χ2n) is 7.70. The molecule has 8 heteroatoms. The topological polar surface area (TPSA) is 71.0 Å². The van der Waals surface area contributed by atoms with Gasteiger partial charge in [0.1, 0.15) is 4.21 Å². The summed E-state index contributed by atoms with van der Waals surface area (Å²) in [5.74, 6) is -0.0411. The molecule has 0 aliphatic heterocycles. The van der Waals surface area contributed by atoms with E-state index in [2.05, 4.69) is 6.07 Å². The Balaban J connectivity index is 1.84. The van der Waals surface area contributed by atoms with E-state index in [9.17, 15) is 14.9 Å². The SMILES string of the molecule is CCOC(=O)Cc1c(C(=O)c2ccc(Cl)cc2)sc(SCc2ccccc2C#N)c1-[n+]1ccccc1. The van der Waals surface area contributed by atoms with Gasteiger partial charge in [0.15, 0.2) is 12.4 Å². The molecule has 2 aromatic carbocycles. The van der Waals surface area contributed by atoms with Gasteiger partial charge in [0.05, 0.1) is 35.1 Å². The minimum Gasteiger partial charge on any atom is -0.466 e. The lowest BCUT2D eigenvalue weighted by Gasteiger charge is -2.06. The first-order valence-electron chi connectivity index (χ1n) is 11.2. The molecule has 0 aliphatic carbocycles. The summed E-state index contributed by atoms with van der Waals surface area (Å²) in [5.41, 5.74) is 3.39. The third kappa shape index (κ3) is 5.85. The predicted molar refractivity (Wildman–Crippen MR) is 142 cm³/mol. The van der Waals surface area contributed by atoms with Gasteiger partial charge in [-0.25, -0.2) is 0 Å². The molecule has 4 rings (SSSR count). The predicted octanol–water partition coefficient (Wildman–Crippen LogP) is 6.18. The van der Waals surface area contributed by atoms with Crippen molar-refractivity contribution in [1.29, 1.82) is 5.26 Å². The van der Waals surface area contributed by atoms with Crippen LogP contribution >= 0.6 is 34.7 Å². The van der Waals surface area contributed by atoms with Crippen molar-refractivity contribution in [2.75, 3.05) is 6.61 Å². The van der Waals surface area contributed by atoms with Crippen LogP contribution in [0.2, 0.25) is 5.02 Å². The summed E-state index contributed by atoms with van der Waals surface area (Å²) in [6.07, 6.45) is 3.74. The molecule has 0 bridgehead atoms. The number of carbonyl (C=O) groups excluding carboxylic acids is 2. The maximum Gasteiger partial charge on any atom is 0.310 e. The monoisotopic (exact) mass is 533 g/mol. The van der Waals surface area contributed by atoms with Crippen LogP contribution < -0.4 is 4.57 Å². The molecule has 0 fully saturated rings. The lowest BCUT2D eigenvalue weighted by Crippen LogP contribution is -2.31. The van der Waals surface area contributed by atoms with Gasteiger partial charge in [-0.2, -0.15) is 9.83 Å². The fraction of sp³-hybridized carbons (Fsp3) is 0.143. The molecule has 0 radical (unpaired) electrons. The Morgan fingerprint density at radius 1 is 1.06 bits per heavy atom. The van der Waals surface area contributed by atoms with Crippen LogP contribution in [0.5, 0.6) is 0 Å². The molecule has 5 nitrogen and oxygen atoms in total. The minimum absolute atomic E-state index is 0.0361. The number of hydrogen-bond acceptors (Lipinski definition) is 6. The Morgan fingerprint density at radius 2 is 1.78 bits per heavy atom. The number of ketones is 1. The van der Waals surface area contributed by atoms with Crippen molar-refractivity contribution in [3.63, 3.8) is 0 Å². The third-order valence-corrected chi connectivity index (χ3v) is 8.14. The summed E-state index contributed by atoms with van der Waals surface area (Å²) in [5, 5.41) is 10.0. The van der Waals surface area contributed by atoms with E-state index >= 15 is 0 Å². The Bertz CT molecular complexity index is 1430. The second-order valence-corrected chi connectivity index (χ2v) is 10.4. The van der Waals surface area contributed by atoms with Gasteiger partial charge in [-0.1, -0.05) is 35.9 Å². The Labute approximate surface area is 222 Å². The van der Waals surface area contributed by atoms with Crippen molar-refractivity contribution >= 4 is 46.5 Å². The number of aromatic nitrogens is 1. The number of halogens is 1. The van der Waals surface area contributed by atoms with Crippen molar-refractivity contribution in [3.05, 3.63) is 111 Å². The molecule has 0 aliphatic rings. The third-order valence-electron chi connectivity index (χ3n) is 5.36. The number of pyridine rings is 1. The van der Waals surface area contributed by atoms with Crippen molar-refractivity contribution in [2.45, 2.75) is 23.3 Å². The van der Waals surface area contributed by atoms with Crippen LogP contribution in [-0.4, -0.2) is 18.4 Å². The first-order chi connectivity index (χ1) is 17.5. The molecule has 0 saturated carbocycles. The van der Waals surface area contributed by atoms with Crippen LogP contribution in [-0.2, 0) is 21.7 Å². The van der Waals surface area contributed by atoms with E-state index in [-0.39, 0.29) is 18.8 Å². The highest BCUT2D eigenvalue weighted by Crippen LogP contribution is 2.40. The van der Waals surface area contributed by atoms with E-state index in [1.54, 1.807) is 37.3 Å². The summed E-state index contributed by atoms with van der Waals surface area (Å²) < 4.78 is 8.04. The molecule has 0 N–H and O–H groups in total. The van der Waals surface area contributed by atoms with Crippen LogP contribution in [0.25, 0.3) is 5.69 Å². The summed E-state index contributed by atoms with van der Waals surface area (Å²) in [4.78, 5) is 26.7. The normalized spacial score (nSPS) is 10.6. The number of thiophene rings is 1. The standard InChI is InChI=1S/C28H22ClN2O3S2/c1-2-34-24(32)16-23-25(31-14-6-3-7-15-31)28(35-18-21-9-5-4-8-20(21)17-30)36-27(23)26(33)19-10-12-22(29)13-11-19/h3-15H,2,16,18H2,1H3/q+1. The van der Waals surface area contributed by atoms with E-state index in [0.717, 1.165) is 15.5 Å². The summed E-state index contributed by atoms with van der Waals surface area (Å²) in [6, 6.07) is 22.1. The van der Waals surface area contributed by atoms with E-state index in [0.29, 0.717) is 32.3 Å². The first kappa shape index (κ1) is 25.6. The van der Waals surface area contributed by atoms with Gasteiger partial charge in [-0.05, 0) is 42.8 Å². The highest BCUT2D eigenvalue weighted by molar-refractivity contribution is 8.00. The molecule has 0 spiro atoms. The van der Waals surface area contributed by atoms with Crippen molar-refractivity contribution in [1.82, 2.24) is 0 Å². The molecule has 4 aromatic rings. The van der Waals surface area contributed by atoms with Gasteiger partial charge in [0, 0.05) is 28.5 Å². The van der Waals surface area contributed by atoms with Crippen LogP contribution in [0.4, 0.5) is 0 Å². The molecule has 0 saturated heterocycles. The maximum absolute atomic E-state index is 13.6. The lowest BCUT2D eigenvalue weighted by atomic mass is 10.0. The molecule has 36 heavy (non-hydrogen) atoms. The van der Waals surface area contributed by atoms with Crippen molar-refractivity contribution in [3.8, 4) is 11.8 Å². The molecule has 0 unspecified atom stereocenters. The molecule has 2 aromatic heterocycles. The van der Waals surface area contributed by atoms with Crippen LogP contribution in [0.15, 0.2) is 83.3 Å². The average molecular weight is 534 g/mol. The van der Waals surface area contributed by atoms with Crippen molar-refractivity contribution < 1.29 is 18.9 Å². The number of ether oxygens (including phenoxy) is 1. The van der Waals surface area contributed by atoms with Gasteiger partial charge in [0.2, 0.25) is 11.5 Å². The zero-order valence-corrected chi connectivity index (χ0v) is 21.8. The zero-order valence-electron chi connectivity index (χ0n) is 19.4. The number of hydrogen-bond donors (Lipinski definition) is 0. The highest BCUT2D eigenvalue weighted by Gasteiger charge is 2.31. The number of carbonyl (C=O) groups is 2. The molecule has 180 valence electrons. The smallest absolute Gasteiger partial charge is 0.310 e. The van der Waals surface area contributed by atoms with E-state index < -0.39 is 5.97 Å². The number of rotatable bonds is 9. The van der Waals surface area contributed by atoms with Gasteiger partial charge in [-0.15, -0.1) is 23.1 Å². The molecule has 0 atom stereocenters. The largest absolute Gasteiger partial charge is 0.466 e. The second kappa shape index (κ2) is 12.0. The van der Waals surface area contributed by atoms with E-state index in [4.69, 9.17) is 16.3 Å². The van der Waals surface area contributed by atoms with Gasteiger partial charge in [-0.3, -0.25) is 9.59 Å². The molecule has 2 heterocycles. The fourth-order valence-corrected chi connectivity index (χ4v) is 6.38. The Kier molecular flexibility index (Phi) is 8.55. The number of benzene rings is 2. The number of esters is 1. The van der Waals surface area contributed by atoms with Crippen LogP contribution in [0.1, 0.15) is 38.8 Å². The van der Waals surface area contributed by atoms with E-state index in [1.807, 2.05) is 53.4 Å². The Hall–Kier alpha value is -3.44. The number of nitrogens with zero attached hydrogens (tertiary/aromatic N) is 2. The first-order valence-corrected chi connectivity index (χ1v) is 13.4. The number of nitriles is 1. The quantitative estimate of drug-likeness (QED) is 0.111. The summed E-state index contributed by atoms with van der Waals surface area (Å²) in [7, 11) is 0. The summed E-state index contributed by atoms with van der Waals surface area (Å²) in [6.45, 7) is 2.01. The van der Waals surface area contributed by atoms with Crippen molar-refractivity contribution in [2.24, 2.45) is 0 Å². The fourth-order valence-electron chi connectivity index (χ4n) is 3.67. The summed E-state index contributed by atoms with van der Waals surface area (Å²) >= 11 is 8.92. The molecule has 0 amide bonds. The van der Waals surface area contributed by atoms with E-state index in [1.165, 1.54) is 23.1 Å². The van der Waals surface area contributed by atoms with Crippen LogP contribution in [0, 0.1) is 11.3 Å². The average Bonchev–Trinajstić information content (AvgIpc) is 3.26. The van der Waals surface area contributed by atoms with Gasteiger partial charge < -0.3 is 4.74 Å². The number of thioether (sulfide) groups is 1. The van der Waals surface area contributed by atoms with Gasteiger partial charge in [0.25, 0.3) is 0 Å². The highest BCUT2D eigenvalue weighted by atomic mass is 35.5. The lowest BCUT2D eigenvalue weighted by molar-refractivity contribution is -0.598. The van der Waals surface area contributed by atoms with Gasteiger partial charge >= 0.3 is 5.97 Å². The molecular formula is C28H22ClN2O3S2+. The Morgan fingerprint density at radius 3 is 2.47 bits per heavy atom. The minimum atomic E-state index is -0.399. The molecular weight excluding hydrogens is 512 g/mol. The zero-order chi connectivity index (χ0) is 25.5.